The Morgan fingerprint density at radius 2 is 1.67 bits per heavy atom. The van der Waals surface area contributed by atoms with Crippen molar-refractivity contribution in [2.45, 2.75) is 39.8 Å². The maximum atomic E-state index is 9.58. The second-order valence-electron chi connectivity index (χ2n) is 3.23. The normalized spacial score (nSPS) is 17.5. The van der Waals surface area contributed by atoms with Gasteiger partial charge in [-0.1, -0.05) is 4.08 Å². The molecule has 0 spiro atoms. The third-order valence-electron chi connectivity index (χ3n) is 1.49. The summed E-state index contributed by atoms with van der Waals surface area (Å²) in [4.78, 5) is 9.58. The second-order valence-corrected chi connectivity index (χ2v) is 5.42. The average Bonchev–Trinajstić information content (AvgIpc) is 1.84. The predicted octanol–water partition coefficient (Wildman–Crippen LogP) is 1.90. The van der Waals surface area contributed by atoms with E-state index in [2.05, 4.69) is 4.08 Å². The van der Waals surface area contributed by atoms with E-state index >= 15 is 0 Å². The van der Waals surface area contributed by atoms with E-state index in [1.807, 2.05) is 27.7 Å². The van der Waals surface area contributed by atoms with Gasteiger partial charge in [-0.05, 0) is 27.7 Å². The first-order valence-corrected chi connectivity index (χ1v) is 5.81. The van der Waals surface area contributed by atoms with Crippen LogP contribution >= 0.6 is 19.9 Å². The molecule has 0 bridgehead atoms. The van der Waals surface area contributed by atoms with Crippen molar-refractivity contribution >= 4 is 19.9 Å². The first kappa shape index (κ1) is 12.6. The van der Waals surface area contributed by atoms with Gasteiger partial charge in [-0.3, -0.25) is 0 Å². The zero-order valence-electron chi connectivity index (χ0n) is 7.86. The fraction of sp³-hybridized carbons (Fsp3) is 1.00. The van der Waals surface area contributed by atoms with Gasteiger partial charge in [0, 0.05) is 12.1 Å². The summed E-state index contributed by atoms with van der Waals surface area (Å²) >= 11 is 5.11. The third-order valence-corrected chi connectivity index (χ3v) is 3.89. The second kappa shape index (κ2) is 4.70. The van der Waals surface area contributed by atoms with Crippen LogP contribution in [0.4, 0.5) is 0 Å². The van der Waals surface area contributed by atoms with Gasteiger partial charge < -0.3 is 0 Å². The van der Waals surface area contributed by atoms with Crippen molar-refractivity contribution < 1.29 is 8.97 Å². The molecule has 0 rings (SSSR count). The Kier molecular flexibility index (Phi) is 4.92. The maximum absolute atomic E-state index is 9.58. The molecule has 0 aliphatic heterocycles. The summed E-state index contributed by atoms with van der Waals surface area (Å²) in [7, 11) is -3.05. The lowest BCUT2D eigenvalue weighted by Gasteiger charge is -2.29. The number of halogens is 1. The number of rotatable bonds is 4. The summed E-state index contributed by atoms with van der Waals surface area (Å²) in [6.45, 7) is 7.70. The molecule has 0 radical (unpaired) electrons. The van der Waals surface area contributed by atoms with E-state index < -0.39 is 8.02 Å². The van der Waals surface area contributed by atoms with Gasteiger partial charge in [0.2, 0.25) is 0 Å². The van der Waals surface area contributed by atoms with Gasteiger partial charge in [-0.2, -0.15) is 4.89 Å². The van der Waals surface area contributed by atoms with Crippen LogP contribution in [0.5, 0.6) is 0 Å². The molecule has 0 saturated heterocycles. The third kappa shape index (κ3) is 3.13. The van der Waals surface area contributed by atoms with Crippen LogP contribution in [0, 0.1) is 0 Å². The number of hydrogen-bond acceptors (Lipinski definition) is 4. The van der Waals surface area contributed by atoms with Crippen molar-refractivity contribution in [3.05, 3.63) is 0 Å². The van der Waals surface area contributed by atoms with Crippen LogP contribution in [0.25, 0.3) is 0 Å². The highest BCUT2D eigenvalue weighted by atomic mass is 35.5. The van der Waals surface area contributed by atoms with Crippen LogP contribution in [0.2, 0.25) is 0 Å². The van der Waals surface area contributed by atoms with Crippen LogP contribution in [-0.2, 0) is 4.08 Å². The van der Waals surface area contributed by atoms with Crippen molar-refractivity contribution in [1.82, 2.24) is 4.67 Å². The highest BCUT2D eigenvalue weighted by Gasteiger charge is 2.46. The van der Waals surface area contributed by atoms with Crippen molar-refractivity contribution in [2.75, 3.05) is 0 Å². The van der Waals surface area contributed by atoms with Crippen LogP contribution in [0.3, 0.4) is 0 Å². The molecule has 4 nitrogen and oxygen atoms in total. The number of nitrogens with two attached hydrogens (primary N) is 1. The van der Waals surface area contributed by atoms with Gasteiger partial charge in [0.25, 0.3) is 0 Å². The van der Waals surface area contributed by atoms with Crippen molar-refractivity contribution in [3.8, 4) is 0 Å². The molecule has 0 aromatic rings. The van der Waals surface area contributed by atoms with E-state index in [0.717, 1.165) is 0 Å². The van der Waals surface area contributed by atoms with E-state index in [1.54, 1.807) is 4.67 Å². The molecule has 12 heavy (non-hydrogen) atoms. The summed E-state index contributed by atoms with van der Waals surface area (Å²) < 4.78 is 6.03. The van der Waals surface area contributed by atoms with Gasteiger partial charge in [-0.25, -0.2) is 0 Å². The SMILES string of the molecule is CC(C)N(C(C)C)[P+](N)(O)OCl. The number of hydrogen-bond donors (Lipinski definition) is 2. The summed E-state index contributed by atoms with van der Waals surface area (Å²) in [5.41, 5.74) is 5.50. The summed E-state index contributed by atoms with van der Waals surface area (Å²) in [5.74, 6) is 0. The van der Waals surface area contributed by atoms with Crippen molar-refractivity contribution in [2.24, 2.45) is 5.50 Å². The largest absolute Gasteiger partial charge is 0.449 e. The van der Waals surface area contributed by atoms with Crippen LogP contribution in [0.1, 0.15) is 27.7 Å². The van der Waals surface area contributed by atoms with Gasteiger partial charge in [0.05, 0.1) is 0 Å². The minimum Gasteiger partial charge on any atom is -0.186 e. The topological polar surface area (TPSA) is 58.7 Å². The molecule has 1 unspecified atom stereocenters. The van der Waals surface area contributed by atoms with Gasteiger partial charge >= 0.3 is 8.02 Å². The molecule has 3 N–H and O–H groups in total. The van der Waals surface area contributed by atoms with Crippen LogP contribution in [0.15, 0.2) is 0 Å². The average molecular weight is 216 g/mol. The predicted molar refractivity (Wildman–Crippen MR) is 52.4 cm³/mol. The molecule has 74 valence electrons. The Bertz CT molecular complexity index is 136. The minimum absolute atomic E-state index is 0.104. The van der Waals surface area contributed by atoms with E-state index in [-0.39, 0.29) is 12.1 Å². The smallest absolute Gasteiger partial charge is 0.186 e. The molecular formula is C6H17ClN2O2P+. The summed E-state index contributed by atoms with van der Waals surface area (Å²) in [6, 6.07) is 0.208. The van der Waals surface area contributed by atoms with Gasteiger partial charge in [0.1, 0.15) is 11.9 Å². The lowest BCUT2D eigenvalue weighted by molar-refractivity contribution is 0.248. The summed E-state index contributed by atoms with van der Waals surface area (Å²) in [5, 5.41) is 0. The molecule has 0 aliphatic carbocycles. The molecule has 0 fully saturated rings. The Morgan fingerprint density at radius 3 is 1.75 bits per heavy atom. The fourth-order valence-electron chi connectivity index (χ4n) is 1.29. The van der Waals surface area contributed by atoms with E-state index in [9.17, 15) is 4.89 Å². The molecule has 0 saturated carbocycles. The molecule has 6 heteroatoms. The first-order valence-electron chi connectivity index (χ1n) is 3.82. The summed E-state index contributed by atoms with van der Waals surface area (Å²) in [6.07, 6.45) is 0. The van der Waals surface area contributed by atoms with Gasteiger partial charge in [0.15, 0.2) is 0 Å². The molecular weight excluding hydrogens is 199 g/mol. The standard InChI is InChI=1S/C6H17ClN2O2P/c1-5(2)9(6(3)4)12(8,10)11-7/h5-6,10H,8H2,1-4H3/q+1. The van der Waals surface area contributed by atoms with E-state index in [0.29, 0.717) is 0 Å². The molecule has 0 aromatic carbocycles. The van der Waals surface area contributed by atoms with Gasteiger partial charge in [-0.15, -0.1) is 10.2 Å². The zero-order chi connectivity index (χ0) is 9.94. The zero-order valence-corrected chi connectivity index (χ0v) is 9.51. The Hall–Kier alpha value is 0.560. The quantitative estimate of drug-likeness (QED) is 0.704. The molecule has 0 aliphatic rings. The van der Waals surface area contributed by atoms with Crippen molar-refractivity contribution in [3.63, 3.8) is 0 Å². The van der Waals surface area contributed by atoms with Crippen molar-refractivity contribution in [1.29, 1.82) is 0 Å². The highest BCUT2D eigenvalue weighted by Crippen LogP contribution is 2.54. The lowest BCUT2D eigenvalue weighted by atomic mass is 10.3. The fourth-order valence-corrected chi connectivity index (χ4v) is 2.90. The molecule has 0 amide bonds. The minimum atomic E-state index is -3.05. The molecule has 0 heterocycles. The van der Waals surface area contributed by atoms with E-state index in [1.165, 1.54) is 0 Å². The highest BCUT2D eigenvalue weighted by molar-refractivity contribution is 7.61. The first-order chi connectivity index (χ1) is 5.33. The monoisotopic (exact) mass is 215 g/mol. The molecule has 1 atom stereocenters. The van der Waals surface area contributed by atoms with Crippen LogP contribution < -0.4 is 5.50 Å². The Balaban J connectivity index is 4.50. The Morgan fingerprint density at radius 1 is 1.33 bits per heavy atom. The lowest BCUT2D eigenvalue weighted by Crippen LogP contribution is -2.39. The van der Waals surface area contributed by atoms with Crippen LogP contribution in [-0.4, -0.2) is 21.6 Å². The Labute approximate surface area is 79.4 Å². The number of nitrogens with zero attached hydrogens (tertiary/aromatic N) is 1. The maximum Gasteiger partial charge on any atom is 0.449 e. The van der Waals surface area contributed by atoms with E-state index in [4.69, 9.17) is 17.4 Å². The molecule has 0 aromatic heterocycles.